The highest BCUT2D eigenvalue weighted by atomic mass is 35.5. The van der Waals surface area contributed by atoms with E-state index in [9.17, 15) is 4.79 Å². The van der Waals surface area contributed by atoms with Crippen LogP contribution in [0.1, 0.15) is 15.9 Å². The molecule has 0 radical (unpaired) electrons. The van der Waals surface area contributed by atoms with Crippen molar-refractivity contribution in [2.75, 3.05) is 0 Å². The zero-order chi connectivity index (χ0) is 16.0. The largest absolute Gasteiger partial charge is 0.348 e. The Hall–Kier alpha value is -2.66. The molecule has 3 aromatic rings. The van der Waals surface area contributed by atoms with Crippen LogP contribution in [0.2, 0.25) is 5.02 Å². The number of rotatable bonds is 2. The van der Waals surface area contributed by atoms with Crippen LogP contribution in [-0.4, -0.2) is 20.7 Å². The van der Waals surface area contributed by atoms with Crippen LogP contribution >= 0.6 is 11.6 Å². The second-order valence-electron chi connectivity index (χ2n) is 5.51. The zero-order valence-corrected chi connectivity index (χ0v) is 13.1. The highest BCUT2D eigenvalue weighted by Gasteiger charge is 2.20. The first-order valence-electron chi connectivity index (χ1n) is 7.19. The van der Waals surface area contributed by atoms with Gasteiger partial charge < -0.3 is 9.88 Å². The van der Waals surface area contributed by atoms with Crippen LogP contribution in [0.3, 0.4) is 0 Å². The second kappa shape index (κ2) is 5.21. The predicted octanol–water partition coefficient (Wildman–Crippen LogP) is 3.05. The maximum atomic E-state index is 11.9. The van der Waals surface area contributed by atoms with Crippen molar-refractivity contribution in [1.29, 1.82) is 0 Å². The van der Waals surface area contributed by atoms with Crippen LogP contribution < -0.4 is 5.32 Å². The molecule has 0 saturated carbocycles. The van der Waals surface area contributed by atoms with Crippen LogP contribution in [-0.2, 0) is 13.6 Å². The molecule has 1 N–H and O–H groups in total. The summed E-state index contributed by atoms with van der Waals surface area (Å²) in [5, 5.41) is 11.6. The minimum absolute atomic E-state index is 0.0315. The van der Waals surface area contributed by atoms with Crippen LogP contribution in [0.15, 0.2) is 42.7 Å². The summed E-state index contributed by atoms with van der Waals surface area (Å²) < 4.78 is 1.84. The van der Waals surface area contributed by atoms with Gasteiger partial charge in [-0.25, -0.2) is 0 Å². The Kier molecular flexibility index (Phi) is 3.16. The Morgan fingerprint density at radius 2 is 2.00 bits per heavy atom. The highest BCUT2D eigenvalue weighted by Crippen LogP contribution is 2.34. The van der Waals surface area contributed by atoms with Crippen molar-refractivity contribution < 1.29 is 4.79 Å². The summed E-state index contributed by atoms with van der Waals surface area (Å²) in [6, 6.07) is 11.6. The average molecular weight is 325 g/mol. The van der Waals surface area contributed by atoms with Crippen LogP contribution in [0.25, 0.3) is 22.5 Å². The number of nitrogens with one attached hydrogen (secondary N) is 1. The van der Waals surface area contributed by atoms with E-state index >= 15 is 0 Å². The van der Waals surface area contributed by atoms with Crippen molar-refractivity contribution in [3.05, 3.63) is 58.9 Å². The molecule has 1 aromatic heterocycles. The average Bonchev–Trinajstić information content (AvgIpc) is 3.13. The molecule has 0 aliphatic carbocycles. The number of carbonyl (C=O) groups excluding carboxylic acids is 1. The number of carbonyl (C=O) groups is 1. The van der Waals surface area contributed by atoms with Crippen molar-refractivity contribution in [2.45, 2.75) is 6.54 Å². The molecule has 6 heteroatoms. The maximum Gasteiger partial charge on any atom is 0.251 e. The van der Waals surface area contributed by atoms with Gasteiger partial charge in [-0.3, -0.25) is 4.79 Å². The molecule has 0 saturated heterocycles. The normalized spacial score (nSPS) is 13.0. The van der Waals surface area contributed by atoms with E-state index in [0.29, 0.717) is 11.6 Å². The van der Waals surface area contributed by atoms with Crippen LogP contribution in [0.5, 0.6) is 0 Å². The SMILES string of the molecule is Cn1cnnc1-c1cc(Cl)ccc1-c1ccc2c(c1)C(=O)NC2. The van der Waals surface area contributed by atoms with Gasteiger partial charge in [-0.15, -0.1) is 10.2 Å². The Bertz CT molecular complexity index is 932. The summed E-state index contributed by atoms with van der Waals surface area (Å²) in [4.78, 5) is 11.9. The monoisotopic (exact) mass is 324 g/mol. The summed E-state index contributed by atoms with van der Waals surface area (Å²) in [7, 11) is 1.89. The molecule has 0 fully saturated rings. The minimum atomic E-state index is -0.0315. The first kappa shape index (κ1) is 14.0. The molecular weight excluding hydrogens is 312 g/mol. The lowest BCUT2D eigenvalue weighted by Gasteiger charge is -2.11. The maximum absolute atomic E-state index is 11.9. The van der Waals surface area contributed by atoms with Crippen molar-refractivity contribution in [3.8, 4) is 22.5 Å². The number of nitrogens with zero attached hydrogens (tertiary/aromatic N) is 3. The molecule has 0 spiro atoms. The third kappa shape index (κ3) is 2.29. The smallest absolute Gasteiger partial charge is 0.251 e. The van der Waals surface area contributed by atoms with E-state index in [1.54, 1.807) is 6.33 Å². The molecule has 0 bridgehead atoms. The first-order chi connectivity index (χ1) is 11.1. The highest BCUT2D eigenvalue weighted by molar-refractivity contribution is 6.31. The van der Waals surface area contributed by atoms with Crippen LogP contribution in [0.4, 0.5) is 0 Å². The van der Waals surface area contributed by atoms with Gasteiger partial charge in [-0.05, 0) is 34.9 Å². The number of aryl methyl sites for hydroxylation is 1. The third-order valence-electron chi connectivity index (χ3n) is 4.04. The van der Waals surface area contributed by atoms with Crippen molar-refractivity contribution >= 4 is 17.5 Å². The van der Waals surface area contributed by atoms with E-state index < -0.39 is 0 Å². The van der Waals surface area contributed by atoms with Gasteiger partial charge in [0.25, 0.3) is 5.91 Å². The molecule has 5 nitrogen and oxygen atoms in total. The number of benzene rings is 2. The summed E-state index contributed by atoms with van der Waals surface area (Å²) in [6.07, 6.45) is 1.65. The molecule has 114 valence electrons. The van der Waals surface area contributed by atoms with E-state index in [-0.39, 0.29) is 5.91 Å². The molecule has 2 aromatic carbocycles. The van der Waals surface area contributed by atoms with E-state index in [0.717, 1.165) is 33.6 Å². The summed E-state index contributed by atoms with van der Waals surface area (Å²) in [6.45, 7) is 0.588. The van der Waals surface area contributed by atoms with Crippen molar-refractivity contribution in [2.24, 2.45) is 7.05 Å². The number of hydrogen-bond acceptors (Lipinski definition) is 3. The number of halogens is 1. The van der Waals surface area contributed by atoms with Gasteiger partial charge in [0.1, 0.15) is 6.33 Å². The topological polar surface area (TPSA) is 59.8 Å². The summed E-state index contributed by atoms with van der Waals surface area (Å²) in [5.41, 5.74) is 4.55. The molecule has 0 unspecified atom stereocenters. The molecule has 23 heavy (non-hydrogen) atoms. The number of amides is 1. The summed E-state index contributed by atoms with van der Waals surface area (Å²) in [5.74, 6) is 0.698. The lowest BCUT2D eigenvalue weighted by Crippen LogP contribution is -2.12. The number of aromatic nitrogens is 3. The van der Waals surface area contributed by atoms with E-state index in [4.69, 9.17) is 11.6 Å². The van der Waals surface area contributed by atoms with Gasteiger partial charge in [0.15, 0.2) is 5.82 Å². The van der Waals surface area contributed by atoms with E-state index in [1.807, 2.05) is 48.0 Å². The van der Waals surface area contributed by atoms with Gasteiger partial charge in [0, 0.05) is 29.7 Å². The predicted molar refractivity (Wildman–Crippen MR) is 88.1 cm³/mol. The zero-order valence-electron chi connectivity index (χ0n) is 12.4. The lowest BCUT2D eigenvalue weighted by molar-refractivity contribution is 0.0966. The Morgan fingerprint density at radius 1 is 1.13 bits per heavy atom. The fraction of sp³-hybridized carbons (Fsp3) is 0.118. The number of hydrogen-bond donors (Lipinski definition) is 1. The van der Waals surface area contributed by atoms with Gasteiger partial charge in [0.2, 0.25) is 0 Å². The molecular formula is C17H13ClN4O. The number of fused-ring (bicyclic) bond motifs is 1. The molecule has 1 amide bonds. The standard InChI is InChI=1S/C17H13ClN4O/c1-22-9-20-21-16(22)15-7-12(18)4-5-13(15)10-2-3-11-8-19-17(23)14(11)6-10/h2-7,9H,8H2,1H3,(H,19,23). The van der Waals surface area contributed by atoms with Crippen molar-refractivity contribution in [3.63, 3.8) is 0 Å². The minimum Gasteiger partial charge on any atom is -0.348 e. The quantitative estimate of drug-likeness (QED) is 0.788. The fourth-order valence-electron chi connectivity index (χ4n) is 2.86. The Labute approximate surface area is 137 Å². The van der Waals surface area contributed by atoms with Gasteiger partial charge in [-0.2, -0.15) is 0 Å². The summed E-state index contributed by atoms with van der Waals surface area (Å²) >= 11 is 6.17. The Balaban J connectivity index is 1.92. The second-order valence-corrected chi connectivity index (χ2v) is 5.95. The van der Waals surface area contributed by atoms with E-state index in [2.05, 4.69) is 15.5 Å². The third-order valence-corrected chi connectivity index (χ3v) is 4.27. The molecule has 4 rings (SSSR count). The lowest BCUT2D eigenvalue weighted by atomic mass is 9.96. The first-order valence-corrected chi connectivity index (χ1v) is 7.57. The molecule has 0 atom stereocenters. The molecule has 1 aliphatic rings. The van der Waals surface area contributed by atoms with Crippen LogP contribution in [0, 0.1) is 0 Å². The Morgan fingerprint density at radius 3 is 2.78 bits per heavy atom. The van der Waals surface area contributed by atoms with E-state index in [1.165, 1.54) is 0 Å². The van der Waals surface area contributed by atoms with Gasteiger partial charge in [0.05, 0.1) is 0 Å². The fourth-order valence-corrected chi connectivity index (χ4v) is 3.03. The van der Waals surface area contributed by atoms with Gasteiger partial charge in [-0.1, -0.05) is 29.8 Å². The molecule has 2 heterocycles. The molecule has 1 aliphatic heterocycles. The van der Waals surface area contributed by atoms with Gasteiger partial charge >= 0.3 is 0 Å². The van der Waals surface area contributed by atoms with Crippen molar-refractivity contribution in [1.82, 2.24) is 20.1 Å².